The van der Waals surface area contributed by atoms with Gasteiger partial charge in [-0.15, -0.1) is 10.2 Å². The lowest BCUT2D eigenvalue weighted by atomic mass is 10.1. The molecule has 2 aromatic carbocycles. The summed E-state index contributed by atoms with van der Waals surface area (Å²) in [4.78, 5) is 12.6. The molecule has 0 bridgehead atoms. The quantitative estimate of drug-likeness (QED) is 0.690. The Morgan fingerprint density at radius 1 is 1.12 bits per heavy atom. The van der Waals surface area contributed by atoms with E-state index in [1.807, 2.05) is 69.3 Å². The van der Waals surface area contributed by atoms with E-state index >= 15 is 0 Å². The zero-order valence-electron chi connectivity index (χ0n) is 15.0. The van der Waals surface area contributed by atoms with Gasteiger partial charge in [-0.05, 0) is 37.5 Å². The maximum Gasteiger partial charge on any atom is 0.267 e. The molecule has 1 aromatic heterocycles. The molecular weight excluding hydrogens is 346 g/mol. The highest BCUT2D eigenvalue weighted by Gasteiger charge is 2.21. The molecule has 1 amide bonds. The standard InChI is InChI=1S/C20H21N3O2S/c1-4-16(25-17-12-8-9-13(2)14(17)3)18(24)21-20-23-22-19(26-20)15-10-6-5-7-11-15/h5-12,16H,4H2,1-3H3,(H,21,23,24). The number of rotatable bonds is 6. The predicted molar refractivity (Wildman–Crippen MR) is 105 cm³/mol. The average Bonchev–Trinajstić information content (AvgIpc) is 3.12. The molecule has 1 N–H and O–H groups in total. The molecule has 0 spiro atoms. The highest BCUT2D eigenvalue weighted by molar-refractivity contribution is 7.18. The van der Waals surface area contributed by atoms with Crippen LogP contribution < -0.4 is 10.1 Å². The van der Waals surface area contributed by atoms with Crippen LogP contribution in [0.2, 0.25) is 0 Å². The van der Waals surface area contributed by atoms with Gasteiger partial charge in [0.2, 0.25) is 5.13 Å². The molecule has 1 heterocycles. The smallest absolute Gasteiger partial charge is 0.267 e. The molecule has 0 aliphatic rings. The van der Waals surface area contributed by atoms with E-state index in [1.165, 1.54) is 11.3 Å². The largest absolute Gasteiger partial charge is 0.480 e. The number of nitrogens with zero attached hydrogens (tertiary/aromatic N) is 2. The molecule has 134 valence electrons. The van der Waals surface area contributed by atoms with E-state index in [2.05, 4.69) is 15.5 Å². The van der Waals surface area contributed by atoms with Crippen LogP contribution >= 0.6 is 11.3 Å². The van der Waals surface area contributed by atoms with E-state index in [1.54, 1.807) is 0 Å². The minimum Gasteiger partial charge on any atom is -0.480 e. The van der Waals surface area contributed by atoms with Crippen LogP contribution in [-0.4, -0.2) is 22.2 Å². The van der Waals surface area contributed by atoms with Gasteiger partial charge in [-0.2, -0.15) is 0 Å². The maximum absolute atomic E-state index is 12.6. The van der Waals surface area contributed by atoms with Gasteiger partial charge in [0.05, 0.1) is 0 Å². The van der Waals surface area contributed by atoms with Crippen LogP contribution in [-0.2, 0) is 4.79 Å². The number of nitrogens with one attached hydrogen (secondary N) is 1. The summed E-state index contributed by atoms with van der Waals surface area (Å²) in [5.41, 5.74) is 3.15. The first-order valence-electron chi connectivity index (χ1n) is 8.51. The lowest BCUT2D eigenvalue weighted by Crippen LogP contribution is -2.32. The highest BCUT2D eigenvalue weighted by Crippen LogP contribution is 2.27. The molecule has 0 aliphatic heterocycles. The van der Waals surface area contributed by atoms with Crippen LogP contribution in [0.1, 0.15) is 24.5 Å². The van der Waals surface area contributed by atoms with Gasteiger partial charge in [-0.3, -0.25) is 10.1 Å². The molecule has 5 nitrogen and oxygen atoms in total. The number of amides is 1. The fourth-order valence-corrected chi connectivity index (χ4v) is 3.24. The van der Waals surface area contributed by atoms with Gasteiger partial charge in [0, 0.05) is 5.56 Å². The molecular formula is C20H21N3O2S. The number of carbonyl (C=O) groups excluding carboxylic acids is 1. The molecule has 3 aromatic rings. The van der Waals surface area contributed by atoms with E-state index in [0.29, 0.717) is 11.6 Å². The third-order valence-corrected chi connectivity index (χ3v) is 5.05. The average molecular weight is 367 g/mol. The van der Waals surface area contributed by atoms with Gasteiger partial charge >= 0.3 is 0 Å². The first kappa shape index (κ1) is 18.1. The van der Waals surface area contributed by atoms with Crippen molar-refractivity contribution in [3.8, 4) is 16.3 Å². The van der Waals surface area contributed by atoms with Crippen LogP contribution in [0, 0.1) is 13.8 Å². The Balaban J connectivity index is 1.70. The third kappa shape index (κ3) is 4.08. The number of benzene rings is 2. The summed E-state index contributed by atoms with van der Waals surface area (Å²) in [5, 5.41) is 12.3. The molecule has 0 radical (unpaired) electrons. The number of aryl methyl sites for hydroxylation is 1. The van der Waals surface area contributed by atoms with Crippen molar-refractivity contribution in [3.63, 3.8) is 0 Å². The number of hydrogen-bond acceptors (Lipinski definition) is 5. The SMILES string of the molecule is CCC(Oc1cccc(C)c1C)C(=O)Nc1nnc(-c2ccccc2)s1. The number of ether oxygens (including phenoxy) is 1. The second kappa shape index (κ2) is 8.10. The monoisotopic (exact) mass is 367 g/mol. The van der Waals surface area contributed by atoms with E-state index in [4.69, 9.17) is 4.74 Å². The van der Waals surface area contributed by atoms with Crippen molar-refractivity contribution in [2.24, 2.45) is 0 Å². The van der Waals surface area contributed by atoms with Gasteiger partial charge in [0.1, 0.15) is 10.8 Å². The molecule has 1 unspecified atom stereocenters. The van der Waals surface area contributed by atoms with Gasteiger partial charge < -0.3 is 4.74 Å². The molecule has 1 atom stereocenters. The number of aromatic nitrogens is 2. The lowest BCUT2D eigenvalue weighted by Gasteiger charge is -2.18. The molecule has 3 rings (SSSR count). The Bertz CT molecular complexity index is 893. The summed E-state index contributed by atoms with van der Waals surface area (Å²) in [6.45, 7) is 5.94. The highest BCUT2D eigenvalue weighted by atomic mass is 32.1. The summed E-state index contributed by atoms with van der Waals surface area (Å²) in [6, 6.07) is 15.6. The van der Waals surface area contributed by atoms with Crippen LogP contribution in [0.3, 0.4) is 0 Å². The molecule has 6 heteroatoms. The fraction of sp³-hybridized carbons (Fsp3) is 0.250. The first-order chi connectivity index (χ1) is 12.6. The number of hydrogen-bond donors (Lipinski definition) is 1. The van der Waals surface area contributed by atoms with Gasteiger partial charge in [-0.1, -0.05) is 60.7 Å². The summed E-state index contributed by atoms with van der Waals surface area (Å²) in [7, 11) is 0. The minimum atomic E-state index is -0.584. The maximum atomic E-state index is 12.6. The molecule has 0 aliphatic carbocycles. The van der Waals surface area contributed by atoms with Crippen molar-refractivity contribution in [3.05, 3.63) is 59.7 Å². The zero-order valence-corrected chi connectivity index (χ0v) is 15.8. The van der Waals surface area contributed by atoms with Crippen LogP contribution in [0.15, 0.2) is 48.5 Å². The normalized spacial score (nSPS) is 11.8. The molecule has 0 saturated heterocycles. The summed E-state index contributed by atoms with van der Waals surface area (Å²) >= 11 is 1.34. The van der Waals surface area contributed by atoms with Gasteiger partial charge in [0.15, 0.2) is 6.10 Å². The van der Waals surface area contributed by atoms with Crippen molar-refractivity contribution in [2.45, 2.75) is 33.3 Å². The van der Waals surface area contributed by atoms with E-state index in [0.717, 1.165) is 27.4 Å². The predicted octanol–water partition coefficient (Wildman–Crippen LogP) is 4.62. The number of carbonyl (C=O) groups is 1. The van der Waals surface area contributed by atoms with Gasteiger partial charge in [-0.25, -0.2) is 0 Å². The first-order valence-corrected chi connectivity index (χ1v) is 9.32. The Hall–Kier alpha value is -2.73. The van der Waals surface area contributed by atoms with Crippen molar-refractivity contribution >= 4 is 22.4 Å². The molecule has 26 heavy (non-hydrogen) atoms. The van der Waals surface area contributed by atoms with Crippen molar-refractivity contribution < 1.29 is 9.53 Å². The molecule has 0 saturated carbocycles. The molecule has 0 fully saturated rings. The Kier molecular flexibility index (Phi) is 5.63. The van der Waals surface area contributed by atoms with Crippen molar-refractivity contribution in [1.29, 1.82) is 0 Å². The summed E-state index contributed by atoms with van der Waals surface area (Å²) in [6.07, 6.45) is -0.0246. The van der Waals surface area contributed by atoms with E-state index in [9.17, 15) is 4.79 Å². The summed E-state index contributed by atoms with van der Waals surface area (Å²) in [5.74, 6) is 0.512. The van der Waals surface area contributed by atoms with E-state index in [-0.39, 0.29) is 5.91 Å². The fourth-order valence-electron chi connectivity index (χ4n) is 2.48. The van der Waals surface area contributed by atoms with E-state index < -0.39 is 6.10 Å². The van der Waals surface area contributed by atoms with Crippen LogP contribution in [0.25, 0.3) is 10.6 Å². The van der Waals surface area contributed by atoms with Crippen LogP contribution in [0.5, 0.6) is 5.75 Å². The van der Waals surface area contributed by atoms with Crippen molar-refractivity contribution in [2.75, 3.05) is 5.32 Å². The Morgan fingerprint density at radius 3 is 2.62 bits per heavy atom. The zero-order chi connectivity index (χ0) is 18.5. The topological polar surface area (TPSA) is 64.1 Å². The van der Waals surface area contributed by atoms with Crippen molar-refractivity contribution in [1.82, 2.24) is 10.2 Å². The summed E-state index contributed by atoms with van der Waals surface area (Å²) < 4.78 is 5.95. The number of anilines is 1. The second-order valence-corrected chi connectivity index (χ2v) is 6.96. The third-order valence-electron chi connectivity index (χ3n) is 4.16. The van der Waals surface area contributed by atoms with Crippen LogP contribution in [0.4, 0.5) is 5.13 Å². The Labute approximate surface area is 157 Å². The minimum absolute atomic E-state index is 0.218. The second-order valence-electron chi connectivity index (χ2n) is 5.98. The lowest BCUT2D eigenvalue weighted by molar-refractivity contribution is -0.122. The Morgan fingerprint density at radius 2 is 1.88 bits per heavy atom. The van der Waals surface area contributed by atoms with Gasteiger partial charge in [0.25, 0.3) is 5.91 Å².